The van der Waals surface area contributed by atoms with Gasteiger partial charge in [-0.15, -0.1) is 0 Å². The molecule has 0 spiro atoms. The third-order valence-electron chi connectivity index (χ3n) is 4.23. The van der Waals surface area contributed by atoms with Gasteiger partial charge in [0.25, 0.3) is 0 Å². The number of likely N-dealkylation sites (N-methyl/N-ethyl adjacent to an activating group) is 1. The van der Waals surface area contributed by atoms with Gasteiger partial charge in [-0.1, -0.05) is 0 Å². The summed E-state index contributed by atoms with van der Waals surface area (Å²) in [6, 6.07) is 7.72. The van der Waals surface area contributed by atoms with Gasteiger partial charge in [0.15, 0.2) is 0 Å². The van der Waals surface area contributed by atoms with Crippen LogP contribution in [0.1, 0.15) is 29.8 Å². The van der Waals surface area contributed by atoms with Crippen LogP contribution in [0, 0.1) is 18.3 Å². The summed E-state index contributed by atoms with van der Waals surface area (Å²) < 4.78 is 5.84. The van der Waals surface area contributed by atoms with Crippen LogP contribution >= 0.6 is 0 Å². The largest absolute Gasteiger partial charge is 0.461 e. The van der Waals surface area contributed by atoms with Gasteiger partial charge in [-0.25, -0.2) is 4.98 Å². The second-order valence-corrected chi connectivity index (χ2v) is 6.37. The van der Waals surface area contributed by atoms with Crippen LogP contribution in [0.5, 0.6) is 0 Å². The highest BCUT2D eigenvalue weighted by Gasteiger charge is 2.13. The quantitative estimate of drug-likeness (QED) is 0.711. The monoisotopic (exact) mass is 351 g/mol. The molecule has 3 aromatic rings. The minimum Gasteiger partial charge on any atom is -0.461 e. The van der Waals surface area contributed by atoms with Crippen LogP contribution in [0.4, 0.5) is 5.69 Å². The Morgan fingerprint density at radius 2 is 2.27 bits per heavy atom. The number of rotatable bonds is 6. The van der Waals surface area contributed by atoms with Crippen LogP contribution < -0.4 is 5.32 Å². The molecule has 0 unspecified atom stereocenters. The molecule has 7 nitrogen and oxygen atoms in total. The molecule has 0 saturated heterocycles. The number of anilines is 1. The molecule has 0 aliphatic rings. The highest BCUT2D eigenvalue weighted by atomic mass is 16.3. The van der Waals surface area contributed by atoms with Crippen molar-refractivity contribution in [3.8, 4) is 6.07 Å². The Bertz CT molecular complexity index is 980. The third-order valence-corrected chi connectivity index (χ3v) is 4.23. The van der Waals surface area contributed by atoms with Crippen molar-refractivity contribution in [2.45, 2.75) is 26.8 Å². The van der Waals surface area contributed by atoms with Crippen LogP contribution in [0.2, 0.25) is 0 Å². The molecule has 0 aliphatic heterocycles. The van der Waals surface area contributed by atoms with Crippen LogP contribution in [0.15, 0.2) is 28.8 Å². The number of nitrogens with zero attached hydrogens (tertiary/aromatic N) is 3. The number of benzene rings is 1. The number of hydrogen-bond acceptors (Lipinski definition) is 5. The van der Waals surface area contributed by atoms with Gasteiger partial charge >= 0.3 is 0 Å². The smallest absolute Gasteiger partial charge is 0.221 e. The Morgan fingerprint density at radius 1 is 1.46 bits per heavy atom. The lowest BCUT2D eigenvalue weighted by atomic mass is 10.1. The number of carbonyl (C=O) groups excluding carboxylic acids is 1. The molecule has 2 N–H and O–H groups in total. The van der Waals surface area contributed by atoms with Crippen molar-refractivity contribution in [1.82, 2.24) is 14.9 Å². The molecule has 1 aromatic carbocycles. The molecule has 0 saturated carbocycles. The van der Waals surface area contributed by atoms with Crippen molar-refractivity contribution in [3.05, 3.63) is 47.2 Å². The fourth-order valence-electron chi connectivity index (χ4n) is 3.00. The number of H-pyrrole nitrogens is 1. The van der Waals surface area contributed by atoms with E-state index in [-0.39, 0.29) is 5.91 Å². The highest BCUT2D eigenvalue weighted by molar-refractivity contribution is 5.93. The maximum absolute atomic E-state index is 11.3. The lowest BCUT2D eigenvalue weighted by molar-refractivity contribution is -0.114. The molecule has 134 valence electrons. The van der Waals surface area contributed by atoms with E-state index >= 15 is 0 Å². The first-order valence-electron chi connectivity index (χ1n) is 8.38. The summed E-state index contributed by atoms with van der Waals surface area (Å²) in [4.78, 5) is 20.6. The van der Waals surface area contributed by atoms with Gasteiger partial charge in [0, 0.05) is 30.1 Å². The predicted octanol–water partition coefficient (Wildman–Crippen LogP) is 2.97. The van der Waals surface area contributed by atoms with Crippen molar-refractivity contribution < 1.29 is 9.21 Å². The number of aromatic amines is 1. The summed E-state index contributed by atoms with van der Waals surface area (Å²) in [5, 5.41) is 12.7. The minimum absolute atomic E-state index is 0.0963. The summed E-state index contributed by atoms with van der Waals surface area (Å²) in [5.74, 6) is 1.56. The summed E-state index contributed by atoms with van der Waals surface area (Å²) in [5.41, 5.74) is 3.19. The normalized spacial score (nSPS) is 11.0. The van der Waals surface area contributed by atoms with E-state index in [1.54, 1.807) is 6.20 Å². The van der Waals surface area contributed by atoms with Gasteiger partial charge in [0.05, 0.1) is 12.7 Å². The number of fused-ring (bicyclic) bond motifs is 1. The Labute approximate surface area is 151 Å². The zero-order valence-corrected chi connectivity index (χ0v) is 15.1. The second-order valence-electron chi connectivity index (χ2n) is 6.37. The number of aryl methyl sites for hydroxylation is 1. The average molecular weight is 351 g/mol. The Kier molecular flexibility index (Phi) is 5.05. The molecule has 0 aliphatic carbocycles. The van der Waals surface area contributed by atoms with Crippen LogP contribution in [-0.2, 0) is 17.8 Å². The zero-order chi connectivity index (χ0) is 18.7. The standard InChI is InChI=1S/C19H21N5O2/c1-12-16(6-7-24(3)11-19-21-10-15(9-20)23-19)17-8-14(22-13(2)25)4-5-18(17)26-12/h4-5,8,10H,6-7,11H2,1-3H3,(H,21,23)(H,22,25). The van der Waals surface area contributed by atoms with Crippen LogP contribution in [0.3, 0.4) is 0 Å². The van der Waals surface area contributed by atoms with E-state index in [1.165, 1.54) is 6.92 Å². The number of amides is 1. The molecule has 2 heterocycles. The van der Waals surface area contributed by atoms with E-state index in [4.69, 9.17) is 9.68 Å². The fourth-order valence-corrected chi connectivity index (χ4v) is 3.00. The van der Waals surface area contributed by atoms with E-state index < -0.39 is 0 Å². The molecule has 0 fully saturated rings. The molecular formula is C19H21N5O2. The van der Waals surface area contributed by atoms with Gasteiger partial charge in [0.2, 0.25) is 5.91 Å². The molecular weight excluding hydrogens is 330 g/mol. The summed E-state index contributed by atoms with van der Waals surface area (Å²) >= 11 is 0. The maximum Gasteiger partial charge on any atom is 0.221 e. The zero-order valence-electron chi connectivity index (χ0n) is 15.1. The predicted molar refractivity (Wildman–Crippen MR) is 98.6 cm³/mol. The van der Waals surface area contributed by atoms with Crippen molar-refractivity contribution in [1.29, 1.82) is 5.26 Å². The lowest BCUT2D eigenvalue weighted by Crippen LogP contribution is -2.21. The molecule has 7 heteroatoms. The fraction of sp³-hybridized carbons (Fsp3) is 0.316. The van der Waals surface area contributed by atoms with E-state index in [9.17, 15) is 4.79 Å². The van der Waals surface area contributed by atoms with E-state index in [1.807, 2.05) is 38.2 Å². The first kappa shape index (κ1) is 17.7. The van der Waals surface area contributed by atoms with Gasteiger partial charge in [-0.2, -0.15) is 5.26 Å². The molecule has 3 rings (SSSR count). The molecule has 1 amide bonds. The maximum atomic E-state index is 11.3. The molecule has 26 heavy (non-hydrogen) atoms. The Balaban J connectivity index is 1.72. The lowest BCUT2D eigenvalue weighted by Gasteiger charge is -2.15. The minimum atomic E-state index is -0.0963. The number of hydrogen-bond donors (Lipinski definition) is 2. The first-order chi connectivity index (χ1) is 12.5. The van der Waals surface area contributed by atoms with Crippen molar-refractivity contribution in [2.75, 3.05) is 18.9 Å². The number of imidazole rings is 1. The van der Waals surface area contributed by atoms with Crippen molar-refractivity contribution in [3.63, 3.8) is 0 Å². The van der Waals surface area contributed by atoms with Gasteiger partial charge in [0.1, 0.15) is 28.9 Å². The Hall–Kier alpha value is -3.11. The first-order valence-corrected chi connectivity index (χ1v) is 8.38. The Morgan fingerprint density at radius 3 is 2.96 bits per heavy atom. The van der Waals surface area contributed by atoms with Gasteiger partial charge < -0.3 is 14.7 Å². The van der Waals surface area contributed by atoms with Crippen LogP contribution in [-0.4, -0.2) is 34.4 Å². The van der Waals surface area contributed by atoms with E-state index in [2.05, 4.69) is 20.2 Å². The average Bonchev–Trinajstić information content (AvgIpc) is 3.16. The number of furan rings is 1. The van der Waals surface area contributed by atoms with Crippen molar-refractivity contribution in [2.24, 2.45) is 0 Å². The number of aromatic nitrogens is 2. The summed E-state index contributed by atoms with van der Waals surface area (Å²) in [7, 11) is 2.01. The van der Waals surface area contributed by atoms with Crippen LogP contribution in [0.25, 0.3) is 11.0 Å². The molecule has 0 atom stereocenters. The molecule has 0 radical (unpaired) electrons. The van der Waals surface area contributed by atoms with E-state index in [0.717, 1.165) is 46.8 Å². The number of nitrogens with one attached hydrogen (secondary N) is 2. The summed E-state index contributed by atoms with van der Waals surface area (Å²) in [6.07, 6.45) is 2.35. The number of nitriles is 1. The van der Waals surface area contributed by atoms with Gasteiger partial charge in [-0.05, 0) is 38.6 Å². The number of carbonyl (C=O) groups is 1. The third kappa shape index (κ3) is 3.92. The topological polar surface area (TPSA) is 97.9 Å². The molecule has 2 aromatic heterocycles. The SMILES string of the molecule is CC(=O)Nc1ccc2oc(C)c(CCN(C)Cc3ncc(C#N)[nH]3)c2c1. The second kappa shape index (κ2) is 7.42. The summed E-state index contributed by atoms with van der Waals surface area (Å²) in [6.45, 7) is 4.89. The highest BCUT2D eigenvalue weighted by Crippen LogP contribution is 2.28. The van der Waals surface area contributed by atoms with Gasteiger partial charge in [-0.3, -0.25) is 9.69 Å². The van der Waals surface area contributed by atoms with Crippen molar-refractivity contribution >= 4 is 22.6 Å². The molecule has 0 bridgehead atoms. The van der Waals surface area contributed by atoms with E-state index in [0.29, 0.717) is 12.2 Å².